The molecule has 3 aromatic heterocycles. The van der Waals surface area contributed by atoms with Crippen molar-refractivity contribution in [2.75, 3.05) is 25.6 Å². The van der Waals surface area contributed by atoms with Crippen molar-refractivity contribution < 1.29 is 9.47 Å². The minimum absolute atomic E-state index is 0.487. The smallest absolute Gasteiger partial charge is 0.187 e. The molecule has 3 heterocycles. The standard InChI is InChI=1S/C19H15Br2ClN4O2S/c1-27-4-5-28-12-6-13(20)18(14(21)7-12)25-19-24-15(10-29-19)16-8-23-17-3-2-11(22)9-26(16)17/h2-3,6-10H,4-5H2,1H3,(H,24,25). The molecule has 0 bridgehead atoms. The fourth-order valence-corrected chi connectivity index (χ4v) is 4.91. The summed E-state index contributed by atoms with van der Waals surface area (Å²) in [6, 6.07) is 7.51. The second kappa shape index (κ2) is 9.01. The molecular formula is C19H15Br2ClN4O2S. The second-order valence-corrected chi connectivity index (χ2v) is 8.99. The Hall–Kier alpha value is -1.65. The van der Waals surface area contributed by atoms with Crippen LogP contribution in [0.1, 0.15) is 0 Å². The van der Waals surface area contributed by atoms with Gasteiger partial charge in [-0.25, -0.2) is 9.97 Å². The largest absolute Gasteiger partial charge is 0.491 e. The van der Waals surface area contributed by atoms with Crippen LogP contribution >= 0.6 is 54.8 Å². The maximum absolute atomic E-state index is 6.13. The third kappa shape index (κ3) is 4.59. The molecule has 0 radical (unpaired) electrons. The number of nitrogens with one attached hydrogen (secondary N) is 1. The van der Waals surface area contributed by atoms with Gasteiger partial charge in [0, 0.05) is 27.6 Å². The monoisotopic (exact) mass is 556 g/mol. The number of benzene rings is 1. The van der Waals surface area contributed by atoms with E-state index in [0.29, 0.717) is 18.2 Å². The molecule has 0 aliphatic rings. The first-order valence-electron chi connectivity index (χ1n) is 8.51. The Kier molecular flexibility index (Phi) is 6.41. The Morgan fingerprint density at radius 2 is 2.00 bits per heavy atom. The van der Waals surface area contributed by atoms with Crippen molar-refractivity contribution in [3.05, 3.63) is 56.0 Å². The first-order valence-corrected chi connectivity index (χ1v) is 11.4. The van der Waals surface area contributed by atoms with Gasteiger partial charge in [0.1, 0.15) is 23.7 Å². The molecule has 0 aliphatic carbocycles. The van der Waals surface area contributed by atoms with E-state index in [0.717, 1.165) is 42.5 Å². The second-order valence-electron chi connectivity index (χ2n) is 5.99. The number of methoxy groups -OCH3 is 1. The molecule has 0 unspecified atom stereocenters. The molecule has 6 nitrogen and oxygen atoms in total. The molecule has 4 aromatic rings. The summed E-state index contributed by atoms with van der Waals surface area (Å²) in [6.45, 7) is 1.02. The van der Waals surface area contributed by atoms with Crippen molar-refractivity contribution in [2.45, 2.75) is 0 Å². The maximum Gasteiger partial charge on any atom is 0.187 e. The van der Waals surface area contributed by atoms with Crippen LogP contribution in [0.2, 0.25) is 5.02 Å². The van der Waals surface area contributed by atoms with E-state index in [4.69, 9.17) is 26.1 Å². The van der Waals surface area contributed by atoms with Gasteiger partial charge in [-0.15, -0.1) is 11.3 Å². The Morgan fingerprint density at radius 3 is 2.76 bits per heavy atom. The molecule has 4 rings (SSSR count). The molecule has 0 spiro atoms. The molecule has 1 aromatic carbocycles. The van der Waals surface area contributed by atoms with Crippen molar-refractivity contribution in [1.29, 1.82) is 0 Å². The minimum atomic E-state index is 0.487. The SMILES string of the molecule is COCCOc1cc(Br)c(Nc2nc(-c3cnc4ccc(Cl)cn34)cs2)c(Br)c1. The van der Waals surface area contributed by atoms with Gasteiger partial charge in [-0.1, -0.05) is 11.6 Å². The Morgan fingerprint density at radius 1 is 1.21 bits per heavy atom. The predicted octanol–water partition coefficient (Wildman–Crippen LogP) is 6.41. The Bertz CT molecular complexity index is 1140. The Balaban J connectivity index is 1.57. The molecule has 0 atom stereocenters. The van der Waals surface area contributed by atoms with E-state index in [2.05, 4.69) is 42.2 Å². The van der Waals surface area contributed by atoms with Crippen LogP contribution in [-0.2, 0) is 4.74 Å². The summed E-state index contributed by atoms with van der Waals surface area (Å²) in [5, 5.41) is 6.74. The lowest BCUT2D eigenvalue weighted by Crippen LogP contribution is -2.04. The molecule has 29 heavy (non-hydrogen) atoms. The van der Waals surface area contributed by atoms with Gasteiger partial charge in [0.15, 0.2) is 5.13 Å². The number of ether oxygens (including phenoxy) is 2. The molecule has 10 heteroatoms. The van der Waals surface area contributed by atoms with Crippen LogP contribution in [-0.4, -0.2) is 34.7 Å². The van der Waals surface area contributed by atoms with Crippen LogP contribution in [0.3, 0.4) is 0 Å². The van der Waals surface area contributed by atoms with E-state index in [1.165, 1.54) is 11.3 Å². The maximum atomic E-state index is 6.13. The van der Waals surface area contributed by atoms with Crippen molar-refractivity contribution >= 4 is 71.3 Å². The highest BCUT2D eigenvalue weighted by Crippen LogP contribution is 2.38. The van der Waals surface area contributed by atoms with Gasteiger partial charge in [0.25, 0.3) is 0 Å². The fraction of sp³-hybridized carbons (Fsp3) is 0.158. The van der Waals surface area contributed by atoms with E-state index in [-0.39, 0.29) is 0 Å². The van der Waals surface area contributed by atoms with E-state index in [9.17, 15) is 0 Å². The number of nitrogens with zero attached hydrogens (tertiary/aromatic N) is 3. The zero-order valence-electron chi connectivity index (χ0n) is 15.2. The zero-order chi connectivity index (χ0) is 20.4. The Labute approximate surface area is 193 Å². The number of thiazole rings is 1. The average molecular weight is 559 g/mol. The molecule has 0 amide bonds. The summed E-state index contributed by atoms with van der Waals surface area (Å²) in [4.78, 5) is 9.12. The lowest BCUT2D eigenvalue weighted by molar-refractivity contribution is 0.146. The molecule has 0 aliphatic heterocycles. The van der Waals surface area contributed by atoms with E-state index < -0.39 is 0 Å². The predicted molar refractivity (Wildman–Crippen MR) is 124 cm³/mol. The van der Waals surface area contributed by atoms with Crippen LogP contribution in [0.25, 0.3) is 17.0 Å². The van der Waals surface area contributed by atoms with Gasteiger partial charge in [-0.2, -0.15) is 0 Å². The number of hydrogen-bond donors (Lipinski definition) is 1. The number of anilines is 2. The summed E-state index contributed by atoms with van der Waals surface area (Å²) in [6.07, 6.45) is 3.63. The summed E-state index contributed by atoms with van der Waals surface area (Å²) < 4.78 is 14.3. The van der Waals surface area contributed by atoms with Crippen LogP contribution in [0.15, 0.2) is 51.0 Å². The number of aromatic nitrogens is 3. The minimum Gasteiger partial charge on any atom is -0.491 e. The first-order chi connectivity index (χ1) is 14.0. The van der Waals surface area contributed by atoms with E-state index in [1.807, 2.05) is 40.2 Å². The third-order valence-corrected chi connectivity index (χ3v) is 6.27. The van der Waals surface area contributed by atoms with Crippen LogP contribution in [0.5, 0.6) is 5.75 Å². The molecule has 0 saturated carbocycles. The highest BCUT2D eigenvalue weighted by Gasteiger charge is 2.14. The average Bonchev–Trinajstić information content (AvgIpc) is 3.31. The molecular weight excluding hydrogens is 544 g/mol. The van der Waals surface area contributed by atoms with Gasteiger partial charge in [0.05, 0.1) is 29.2 Å². The van der Waals surface area contributed by atoms with Gasteiger partial charge in [0.2, 0.25) is 0 Å². The first kappa shape index (κ1) is 20.6. The highest BCUT2D eigenvalue weighted by atomic mass is 79.9. The van der Waals surface area contributed by atoms with Crippen LogP contribution < -0.4 is 10.1 Å². The lowest BCUT2D eigenvalue weighted by Gasteiger charge is -2.12. The quantitative estimate of drug-likeness (QED) is 0.266. The van der Waals surface area contributed by atoms with Crippen molar-refractivity contribution in [2.24, 2.45) is 0 Å². The molecule has 150 valence electrons. The number of pyridine rings is 1. The summed E-state index contributed by atoms with van der Waals surface area (Å²) >= 11 is 14.8. The van der Waals surface area contributed by atoms with Gasteiger partial charge in [-0.3, -0.25) is 4.40 Å². The van der Waals surface area contributed by atoms with Crippen LogP contribution in [0, 0.1) is 0 Å². The number of halogens is 3. The van der Waals surface area contributed by atoms with Crippen molar-refractivity contribution in [3.8, 4) is 17.1 Å². The number of imidazole rings is 1. The summed E-state index contributed by atoms with van der Waals surface area (Å²) in [5.74, 6) is 0.744. The fourth-order valence-electron chi connectivity index (χ4n) is 2.70. The van der Waals surface area contributed by atoms with Gasteiger partial charge >= 0.3 is 0 Å². The normalized spacial score (nSPS) is 11.2. The summed E-state index contributed by atoms with van der Waals surface area (Å²) in [5.41, 5.74) is 3.39. The van der Waals surface area contributed by atoms with Gasteiger partial charge < -0.3 is 14.8 Å². The number of rotatable bonds is 7. The zero-order valence-corrected chi connectivity index (χ0v) is 19.9. The van der Waals surface area contributed by atoms with E-state index >= 15 is 0 Å². The third-order valence-electron chi connectivity index (χ3n) is 4.04. The molecule has 0 fully saturated rings. The van der Waals surface area contributed by atoms with Crippen molar-refractivity contribution in [1.82, 2.24) is 14.4 Å². The van der Waals surface area contributed by atoms with Crippen molar-refractivity contribution in [3.63, 3.8) is 0 Å². The lowest BCUT2D eigenvalue weighted by atomic mass is 10.3. The molecule has 1 N–H and O–H groups in total. The number of hydrogen-bond acceptors (Lipinski definition) is 6. The van der Waals surface area contributed by atoms with Gasteiger partial charge in [-0.05, 0) is 56.1 Å². The topological polar surface area (TPSA) is 60.7 Å². The summed E-state index contributed by atoms with van der Waals surface area (Å²) in [7, 11) is 1.64. The highest BCUT2D eigenvalue weighted by molar-refractivity contribution is 9.11. The van der Waals surface area contributed by atoms with E-state index in [1.54, 1.807) is 13.3 Å². The molecule has 0 saturated heterocycles. The number of fused-ring (bicyclic) bond motifs is 1. The van der Waals surface area contributed by atoms with Crippen LogP contribution in [0.4, 0.5) is 10.8 Å².